The quantitative estimate of drug-likeness (QED) is 0.165. The van der Waals surface area contributed by atoms with E-state index in [9.17, 15) is 78.8 Å². The fourth-order valence-corrected chi connectivity index (χ4v) is 3.11. The molecule has 0 aromatic rings. The topological polar surface area (TPSA) is 57.2 Å². The summed E-state index contributed by atoms with van der Waals surface area (Å²) in [6, 6.07) is 0. The van der Waals surface area contributed by atoms with Crippen LogP contribution < -0.4 is 0 Å². The maximum absolute atomic E-state index is 13.0. The van der Waals surface area contributed by atoms with Gasteiger partial charge < -0.3 is 9.04 Å². The molecule has 0 saturated heterocycles. The second kappa shape index (κ2) is 10.9. The SMILES string of the molecule is CC[N+](CC)(CC)CC.O=S(=O)([O-])C(F)(F)C(F)(F)C(F)(F)C(F)(F)C(F)(F)C(F)(F)CC(F)(F)F. The summed E-state index contributed by atoms with van der Waals surface area (Å²) in [4.78, 5) is 0. The van der Waals surface area contributed by atoms with Gasteiger partial charge in [0.25, 0.3) is 0 Å². The molecule has 0 aliphatic rings. The zero-order valence-electron chi connectivity index (χ0n) is 18.8. The van der Waals surface area contributed by atoms with Crippen molar-refractivity contribution in [3.63, 3.8) is 0 Å². The van der Waals surface area contributed by atoms with Crippen molar-refractivity contribution >= 4 is 10.1 Å². The molecule has 0 aromatic heterocycles. The molecular weight excluding hydrogens is 571 g/mol. The smallest absolute Gasteiger partial charge is 0.402 e. The number of halogens is 15. The minimum Gasteiger partial charge on any atom is -0.743 e. The van der Waals surface area contributed by atoms with Crippen molar-refractivity contribution in [3.05, 3.63) is 0 Å². The molecule has 0 unspecified atom stereocenters. The number of alkyl halides is 15. The van der Waals surface area contributed by atoms with Crippen LogP contribution in [0.3, 0.4) is 0 Å². The molecule has 0 saturated carbocycles. The first-order chi connectivity index (χ1) is 15.4. The third-order valence-electron chi connectivity index (χ3n) is 5.43. The highest BCUT2D eigenvalue weighted by Gasteiger charge is 2.91. The number of hydrogen-bond donors (Lipinski definition) is 0. The number of hydrogen-bond acceptors (Lipinski definition) is 3. The maximum atomic E-state index is 13.0. The summed E-state index contributed by atoms with van der Waals surface area (Å²) in [6.07, 6.45) is -10.7. The monoisotopic (exact) mass is 593 g/mol. The van der Waals surface area contributed by atoms with Crippen LogP contribution in [0.2, 0.25) is 0 Å². The van der Waals surface area contributed by atoms with Crippen LogP contribution in [0.4, 0.5) is 65.9 Å². The third kappa shape index (κ3) is 6.63. The Bertz CT molecular complexity index is 804. The second-order valence-corrected chi connectivity index (χ2v) is 8.79. The lowest BCUT2D eigenvalue weighted by molar-refractivity contribution is -0.921. The second-order valence-electron chi connectivity index (χ2n) is 7.37. The Kier molecular flexibility index (Phi) is 11.2. The van der Waals surface area contributed by atoms with E-state index < -0.39 is 57.6 Å². The summed E-state index contributed by atoms with van der Waals surface area (Å²) in [7, 11) is -7.97. The Hall–Kier alpha value is -1.18. The molecule has 0 aliphatic carbocycles. The van der Waals surface area contributed by atoms with Crippen LogP contribution in [0.15, 0.2) is 0 Å². The summed E-state index contributed by atoms with van der Waals surface area (Å²) >= 11 is 0. The van der Waals surface area contributed by atoms with Crippen molar-refractivity contribution in [2.75, 3.05) is 26.2 Å². The zero-order valence-corrected chi connectivity index (χ0v) is 19.6. The average Bonchev–Trinajstić information content (AvgIpc) is 2.67. The van der Waals surface area contributed by atoms with E-state index in [0.717, 1.165) is 0 Å². The van der Waals surface area contributed by atoms with Gasteiger partial charge in [0.1, 0.15) is 6.42 Å². The molecule has 0 bridgehead atoms. The Labute approximate surface area is 195 Å². The Morgan fingerprint density at radius 3 is 1.03 bits per heavy atom. The van der Waals surface area contributed by atoms with Crippen LogP contribution in [0.5, 0.6) is 0 Å². The van der Waals surface area contributed by atoms with Crippen LogP contribution in [0.1, 0.15) is 34.1 Å². The standard InChI is InChI=1S/C8H3F15O3S.C8H20N/c9-2(10,1-3(11,12)13)4(14,15)5(16,17)6(18,19)7(20,21)8(22,23)27(24,25)26;1-5-9(6-2,7-3)8-4/h1H2,(H,24,25,26);5-8H2,1-4H3/q;+1/p-1. The minimum absolute atomic E-state index is 1.28. The van der Waals surface area contributed by atoms with Crippen LogP contribution in [0, 0.1) is 0 Å². The number of rotatable bonds is 11. The van der Waals surface area contributed by atoms with Gasteiger partial charge in [-0.05, 0) is 27.7 Å². The van der Waals surface area contributed by atoms with Gasteiger partial charge in [0.2, 0.25) is 0 Å². The fourth-order valence-electron chi connectivity index (χ4n) is 2.67. The Morgan fingerprint density at radius 1 is 0.556 bits per heavy atom. The van der Waals surface area contributed by atoms with Crippen molar-refractivity contribution in [2.24, 2.45) is 0 Å². The lowest BCUT2D eigenvalue weighted by atomic mass is 9.93. The van der Waals surface area contributed by atoms with Crippen LogP contribution in [-0.4, -0.2) is 84.7 Å². The van der Waals surface area contributed by atoms with Crippen LogP contribution >= 0.6 is 0 Å². The van der Waals surface area contributed by atoms with Crippen molar-refractivity contribution in [1.29, 1.82) is 0 Å². The molecule has 0 rings (SSSR count). The van der Waals surface area contributed by atoms with Crippen LogP contribution in [0.25, 0.3) is 0 Å². The molecule has 20 heteroatoms. The Morgan fingerprint density at radius 2 is 0.833 bits per heavy atom. The number of nitrogens with zero attached hydrogens (tertiary/aromatic N) is 1. The average molecular weight is 593 g/mol. The molecule has 4 nitrogen and oxygen atoms in total. The Balaban J connectivity index is 0. The van der Waals surface area contributed by atoms with E-state index in [1.54, 1.807) is 0 Å². The lowest BCUT2D eigenvalue weighted by Gasteiger charge is -2.41. The van der Waals surface area contributed by atoms with E-state index in [-0.39, 0.29) is 0 Å². The molecule has 0 spiro atoms. The largest absolute Gasteiger partial charge is 0.743 e. The molecule has 36 heavy (non-hydrogen) atoms. The van der Waals surface area contributed by atoms with Crippen molar-refractivity contribution in [1.82, 2.24) is 0 Å². The van der Waals surface area contributed by atoms with Crippen LogP contribution in [-0.2, 0) is 10.1 Å². The lowest BCUT2D eigenvalue weighted by Crippen LogP contribution is -2.71. The molecule has 0 aromatic carbocycles. The van der Waals surface area contributed by atoms with Gasteiger partial charge in [0.05, 0.1) is 26.2 Å². The molecule has 0 fully saturated rings. The predicted octanol–water partition coefficient (Wildman–Crippen LogP) is 6.14. The van der Waals surface area contributed by atoms with Gasteiger partial charge in [0.15, 0.2) is 10.1 Å². The molecule has 0 aliphatic heterocycles. The molecule has 0 heterocycles. The highest BCUT2D eigenvalue weighted by molar-refractivity contribution is 7.86. The zero-order chi connectivity index (χ0) is 30.0. The van der Waals surface area contributed by atoms with Gasteiger partial charge in [-0.15, -0.1) is 0 Å². The molecule has 220 valence electrons. The highest BCUT2D eigenvalue weighted by atomic mass is 32.2. The molecule has 0 atom stereocenters. The van der Waals surface area contributed by atoms with Crippen molar-refractivity contribution in [2.45, 2.75) is 75.2 Å². The predicted molar refractivity (Wildman–Crippen MR) is 92.5 cm³/mol. The van der Waals surface area contributed by atoms with E-state index in [4.69, 9.17) is 0 Å². The van der Waals surface area contributed by atoms with Gasteiger partial charge >= 0.3 is 41.0 Å². The summed E-state index contributed by atoms with van der Waals surface area (Å²) in [5, 5.41) is -7.75. The van der Waals surface area contributed by atoms with E-state index in [0.29, 0.717) is 0 Å². The van der Waals surface area contributed by atoms with Crippen molar-refractivity contribution < 1.29 is 83.3 Å². The summed E-state index contributed by atoms with van der Waals surface area (Å²) in [6.45, 7) is 14.2. The highest BCUT2D eigenvalue weighted by Crippen LogP contribution is 2.61. The summed E-state index contributed by atoms with van der Waals surface area (Å²) in [5.74, 6) is -40.4. The fraction of sp³-hybridized carbons (Fsp3) is 1.00. The van der Waals surface area contributed by atoms with Crippen molar-refractivity contribution in [3.8, 4) is 0 Å². The van der Waals surface area contributed by atoms with E-state index in [1.807, 2.05) is 0 Å². The minimum atomic E-state index is -8.44. The molecular formula is C16H22F15NO3S. The van der Waals surface area contributed by atoms with Gasteiger partial charge in [-0.3, -0.25) is 0 Å². The summed E-state index contributed by atoms with van der Waals surface area (Å²) in [5.41, 5.74) is 0. The number of quaternary nitrogens is 1. The van der Waals surface area contributed by atoms with Gasteiger partial charge in [-0.25, -0.2) is 8.42 Å². The first kappa shape index (κ1) is 37.0. The molecule has 0 radical (unpaired) electrons. The van der Waals surface area contributed by atoms with Gasteiger partial charge in [-0.2, -0.15) is 65.9 Å². The molecule has 0 amide bonds. The first-order valence-corrected chi connectivity index (χ1v) is 11.0. The normalized spacial score (nSPS) is 15.4. The summed E-state index contributed by atoms with van der Waals surface area (Å²) < 4.78 is 220. The maximum Gasteiger partial charge on any atom is 0.402 e. The third-order valence-corrected chi connectivity index (χ3v) is 6.31. The van der Waals surface area contributed by atoms with Gasteiger partial charge in [-0.1, -0.05) is 0 Å². The van der Waals surface area contributed by atoms with E-state index in [1.165, 1.54) is 30.7 Å². The van der Waals surface area contributed by atoms with E-state index in [2.05, 4.69) is 27.7 Å². The van der Waals surface area contributed by atoms with Gasteiger partial charge in [0, 0.05) is 0 Å². The first-order valence-electron chi connectivity index (χ1n) is 9.59. The molecule has 0 N–H and O–H groups in total. The van der Waals surface area contributed by atoms with E-state index >= 15 is 0 Å².